The molecule has 42 heavy (non-hydrogen) atoms. The first kappa shape index (κ1) is 33.6. The minimum Gasteiger partial charge on any atom is -0.273 e. The van der Waals surface area contributed by atoms with Gasteiger partial charge in [0, 0.05) is 0 Å². The smallest absolute Gasteiger partial charge is 0.0114 e. The van der Waals surface area contributed by atoms with E-state index in [-0.39, 0.29) is 21.7 Å². The molecule has 224 valence electrons. The normalized spacial score (nSPS) is 21.0. The van der Waals surface area contributed by atoms with Crippen molar-refractivity contribution >= 4 is 32.8 Å². The molecule has 0 heterocycles. The second-order valence-corrected chi connectivity index (χ2v) is 24.6. The van der Waals surface area contributed by atoms with Crippen molar-refractivity contribution in [2.24, 2.45) is 0 Å². The molecule has 0 N–H and O–H groups in total. The van der Waals surface area contributed by atoms with Gasteiger partial charge in [0.2, 0.25) is 0 Å². The molecule has 0 saturated carbocycles. The van der Waals surface area contributed by atoms with Gasteiger partial charge in [0.15, 0.2) is 0 Å². The maximum absolute atomic E-state index is 3.20. The van der Waals surface area contributed by atoms with E-state index in [1.807, 2.05) is 0 Å². The Balaban J connectivity index is 0.000000260. The van der Waals surface area contributed by atoms with Crippen molar-refractivity contribution in [3.05, 3.63) is 76.0 Å². The Morgan fingerprint density at radius 2 is 1.00 bits per heavy atom. The maximum atomic E-state index is 3.20. The van der Waals surface area contributed by atoms with Gasteiger partial charge in [-0.05, 0) is 55.4 Å². The third-order valence-corrected chi connectivity index (χ3v) is 12.3. The molecule has 0 nitrogen and oxygen atoms in total. The van der Waals surface area contributed by atoms with Crippen LogP contribution in [0.25, 0.3) is 21.5 Å². The van der Waals surface area contributed by atoms with E-state index in [2.05, 4.69) is 137 Å². The summed E-state index contributed by atoms with van der Waals surface area (Å²) in [5, 5.41) is 7.35. The third kappa shape index (κ3) is 6.86. The van der Waals surface area contributed by atoms with Crippen LogP contribution >= 0.6 is 0 Å². The van der Waals surface area contributed by atoms with Crippen molar-refractivity contribution in [1.82, 2.24) is 0 Å². The zero-order valence-corrected chi connectivity index (χ0v) is 32.5. The van der Waals surface area contributed by atoms with Crippen LogP contribution in [0, 0.1) is 6.08 Å². The van der Waals surface area contributed by atoms with Gasteiger partial charge in [0.05, 0.1) is 0 Å². The van der Waals surface area contributed by atoms with E-state index >= 15 is 0 Å². The topological polar surface area (TPSA) is 0 Å². The number of allylic oxidation sites excluding steroid dienone is 4. The molecule has 0 saturated heterocycles. The van der Waals surface area contributed by atoms with Gasteiger partial charge in [-0.2, -0.15) is 6.08 Å². The maximum Gasteiger partial charge on any atom is -0.0114 e. The molecule has 0 aliphatic heterocycles. The summed E-state index contributed by atoms with van der Waals surface area (Å²) in [6.45, 7) is 30.8. The monoisotopic (exact) mass is 654 g/mol. The molecule has 0 spiro atoms. The number of benzene rings is 2. The molecule has 2 heteroatoms. The van der Waals surface area contributed by atoms with Crippen LogP contribution in [-0.2, 0) is 45.9 Å². The zero-order valence-electron chi connectivity index (χ0n) is 29.1. The second kappa shape index (κ2) is 11.6. The molecule has 3 aliphatic carbocycles. The summed E-state index contributed by atoms with van der Waals surface area (Å²) >= 11 is 1.55. The third-order valence-electron chi connectivity index (χ3n) is 10.2. The largest absolute Gasteiger partial charge is 0.273 e. The summed E-state index contributed by atoms with van der Waals surface area (Å²) in [6.07, 6.45) is 13.8. The van der Waals surface area contributed by atoms with Gasteiger partial charge >= 0.3 is 41.3 Å². The molecule has 3 aromatic rings. The van der Waals surface area contributed by atoms with Crippen molar-refractivity contribution in [2.45, 2.75) is 143 Å². The van der Waals surface area contributed by atoms with E-state index in [1.54, 1.807) is 51.7 Å². The Kier molecular flexibility index (Phi) is 9.29. The molecule has 0 amide bonds. The average Bonchev–Trinajstić information content (AvgIpc) is 3.52. The van der Waals surface area contributed by atoms with Gasteiger partial charge in [-0.25, -0.2) is 11.3 Å². The fourth-order valence-corrected chi connectivity index (χ4v) is 8.30. The molecular formula is C40H56SiZr. The van der Waals surface area contributed by atoms with Gasteiger partial charge in [-0.3, -0.25) is 6.08 Å². The van der Waals surface area contributed by atoms with Crippen molar-refractivity contribution in [2.75, 3.05) is 0 Å². The van der Waals surface area contributed by atoms with Crippen LogP contribution in [0.4, 0.5) is 0 Å². The van der Waals surface area contributed by atoms with Crippen molar-refractivity contribution in [3.8, 4) is 0 Å². The molecule has 0 unspecified atom stereocenters. The van der Waals surface area contributed by atoms with E-state index in [0.717, 1.165) is 6.42 Å². The van der Waals surface area contributed by atoms with Gasteiger partial charge in [-0.15, -0.1) is 46.2 Å². The van der Waals surface area contributed by atoms with Crippen molar-refractivity contribution in [3.63, 3.8) is 0 Å². The number of fused-ring (bicyclic) bond motifs is 5. The summed E-state index contributed by atoms with van der Waals surface area (Å²) in [5.74, 6) is 0. The summed E-state index contributed by atoms with van der Waals surface area (Å²) in [5.41, 5.74) is 7.36. The zero-order chi connectivity index (χ0) is 31.5. The minimum atomic E-state index is -0.981. The molecule has 3 aromatic carbocycles. The van der Waals surface area contributed by atoms with E-state index in [4.69, 9.17) is 0 Å². The molecule has 0 bridgehead atoms. The Morgan fingerprint density at radius 3 is 1.26 bits per heavy atom. The first-order valence-electron chi connectivity index (χ1n) is 16.2. The number of rotatable bonds is 1. The molecule has 6 rings (SSSR count). The fraction of sp³-hybridized carbons (Fsp3) is 0.550. The predicted molar refractivity (Wildman–Crippen MR) is 188 cm³/mol. The van der Waals surface area contributed by atoms with Gasteiger partial charge in [0.1, 0.15) is 0 Å². The van der Waals surface area contributed by atoms with Crippen LogP contribution in [0.2, 0.25) is 19.6 Å². The molecule has 0 radical (unpaired) electrons. The Bertz CT molecular complexity index is 1460. The van der Waals surface area contributed by atoms with Crippen molar-refractivity contribution in [1.29, 1.82) is 0 Å². The molecule has 0 fully saturated rings. The van der Waals surface area contributed by atoms with E-state index < -0.39 is 8.07 Å². The number of hydrogen-bond donors (Lipinski definition) is 0. The Hall–Kier alpha value is -1.24. The number of hydrogen-bond acceptors (Lipinski definition) is 0. The molecule has 0 aromatic heterocycles. The first-order chi connectivity index (χ1) is 19.2. The molecule has 3 aliphatic rings. The van der Waals surface area contributed by atoms with Crippen LogP contribution in [-0.4, -0.2) is 11.3 Å². The standard InChI is InChI=1S/C29H37.C8H13Si.C3H6.Zr/c1-26(2)9-11-28(5,6)24-16-20-18(14-22(24)26)13-19-15-23-25(17-21(19)20)29(7,8)12-10-27(23,3)4;1-9(2,3)8-6-4-5-7-8;1-3-2;/h13-17H,9-12H2,1-8H3;6-7H,4H2,1-3H3;1-2H3;/q2*-1;;+2. The first-order valence-corrected chi connectivity index (χ1v) is 20.9. The molecular weight excluding hydrogens is 600 g/mol. The summed E-state index contributed by atoms with van der Waals surface area (Å²) < 4.78 is 1.51. The molecule has 0 atom stereocenters. The summed E-state index contributed by atoms with van der Waals surface area (Å²) in [4.78, 5) is 0. The second-order valence-electron chi connectivity index (χ2n) is 17.1. The van der Waals surface area contributed by atoms with Crippen LogP contribution in [0.3, 0.4) is 0 Å². The van der Waals surface area contributed by atoms with Crippen LogP contribution < -0.4 is 0 Å². The predicted octanol–water partition coefficient (Wildman–Crippen LogP) is 11.7. The van der Waals surface area contributed by atoms with E-state index in [0.29, 0.717) is 0 Å². The minimum absolute atomic E-state index is 0.262. The SMILES string of the molecule is CC1(C)CCC(C)(C)c2cc3c(cc21)[cH-]c1cc2c(cc13)C(C)(C)CCC2(C)C.C[C](C)=[Zr+2].C[Si](C)(C)C1=CC[C-]=C1. The van der Waals surface area contributed by atoms with Gasteiger partial charge in [-0.1, -0.05) is 109 Å². The average molecular weight is 656 g/mol. The quantitative estimate of drug-likeness (QED) is 0.181. The van der Waals surface area contributed by atoms with Crippen LogP contribution in [0.5, 0.6) is 0 Å². The van der Waals surface area contributed by atoms with Crippen LogP contribution in [0.15, 0.2) is 47.7 Å². The van der Waals surface area contributed by atoms with Crippen molar-refractivity contribution < 1.29 is 24.2 Å². The Labute approximate surface area is 274 Å². The van der Waals surface area contributed by atoms with E-state index in [9.17, 15) is 0 Å². The van der Waals surface area contributed by atoms with E-state index in [1.165, 1.54) is 50.4 Å². The van der Waals surface area contributed by atoms with Gasteiger partial charge in [0.25, 0.3) is 0 Å². The summed E-state index contributed by atoms with van der Waals surface area (Å²) in [6, 6.07) is 12.6. The fourth-order valence-electron chi connectivity index (χ4n) is 7.05. The summed E-state index contributed by atoms with van der Waals surface area (Å²) in [7, 11) is -0.981. The Morgan fingerprint density at radius 1 is 0.667 bits per heavy atom. The van der Waals surface area contributed by atoms with Gasteiger partial charge < -0.3 is 0 Å². The van der Waals surface area contributed by atoms with Crippen LogP contribution in [0.1, 0.15) is 124 Å².